The molecule has 0 bridgehead atoms. The van der Waals surface area contributed by atoms with Gasteiger partial charge >= 0.3 is 6.18 Å². The van der Waals surface area contributed by atoms with Gasteiger partial charge in [-0.15, -0.1) is 11.3 Å². The third-order valence-corrected chi connectivity index (χ3v) is 10.4. The lowest BCUT2D eigenvalue weighted by molar-refractivity contribution is -0.137. The zero-order valence-electron chi connectivity index (χ0n) is 20.1. The van der Waals surface area contributed by atoms with E-state index in [1.165, 1.54) is 0 Å². The van der Waals surface area contributed by atoms with Crippen LogP contribution in [0.4, 0.5) is 18.9 Å². The van der Waals surface area contributed by atoms with Gasteiger partial charge in [0, 0.05) is 41.1 Å². The molecule has 200 valence electrons. The molecule has 1 amide bonds. The predicted molar refractivity (Wildman–Crippen MR) is 138 cm³/mol. The van der Waals surface area contributed by atoms with Crippen molar-refractivity contribution < 1.29 is 27.1 Å². The topological polar surface area (TPSA) is 109 Å². The van der Waals surface area contributed by atoms with Crippen molar-refractivity contribution in [3.63, 3.8) is 0 Å². The second-order valence-electron chi connectivity index (χ2n) is 10.2. The summed E-state index contributed by atoms with van der Waals surface area (Å²) < 4.78 is 61.0. The number of nitrogens with zero attached hydrogens (tertiary/aromatic N) is 3. The molecule has 0 spiro atoms. The van der Waals surface area contributed by atoms with Gasteiger partial charge in [0.05, 0.1) is 23.3 Å². The molecule has 3 N–H and O–H groups in total. The molecule has 0 unspecified atom stereocenters. The van der Waals surface area contributed by atoms with Crippen LogP contribution < -0.4 is 10.2 Å². The van der Waals surface area contributed by atoms with Crippen LogP contribution in [0.5, 0.6) is 0 Å². The number of nitrogens with one attached hydrogen (secondary N) is 1. The van der Waals surface area contributed by atoms with Crippen LogP contribution in [0.25, 0.3) is 11.3 Å². The van der Waals surface area contributed by atoms with Crippen molar-refractivity contribution in [3.8, 4) is 17.3 Å². The monoisotopic (exact) mass is 554 g/mol. The minimum atomic E-state index is -4.60. The minimum absolute atomic E-state index is 0.253. The molecule has 12 heteroatoms. The molecular formula is C25H29F3N4O3S2. The Hall–Kier alpha value is -2.33. The number of nitriles is 1. The highest BCUT2D eigenvalue weighted by Crippen LogP contribution is 2.48. The van der Waals surface area contributed by atoms with Gasteiger partial charge in [-0.05, 0) is 37.8 Å². The molecular weight excluding hydrogens is 525 g/mol. The fourth-order valence-electron chi connectivity index (χ4n) is 5.20. The molecule has 1 aromatic carbocycles. The highest BCUT2D eigenvalue weighted by Gasteiger charge is 2.47. The molecule has 2 aromatic rings. The largest absolute Gasteiger partial charge is 0.443 e. The predicted octanol–water partition coefficient (Wildman–Crippen LogP) is 5.85. The van der Waals surface area contributed by atoms with E-state index in [0.717, 1.165) is 18.5 Å². The van der Waals surface area contributed by atoms with E-state index < -0.39 is 39.1 Å². The molecule has 2 atom stereocenters. The third-order valence-electron chi connectivity index (χ3n) is 7.54. The van der Waals surface area contributed by atoms with E-state index in [-0.39, 0.29) is 23.1 Å². The first-order valence-corrected chi connectivity index (χ1v) is 15.1. The number of rotatable bonds is 5. The lowest BCUT2D eigenvalue weighted by Crippen LogP contribution is -2.42. The van der Waals surface area contributed by atoms with Gasteiger partial charge in [-0.1, -0.05) is 25.0 Å². The Morgan fingerprint density at radius 3 is 2.41 bits per heavy atom. The Bertz CT molecular complexity index is 1200. The summed E-state index contributed by atoms with van der Waals surface area (Å²) in [7, 11) is -2.53. The van der Waals surface area contributed by atoms with Gasteiger partial charge in [0.25, 0.3) is 0 Å². The maximum atomic E-state index is 13.8. The standard InChI is InChI=1S/C25H29F3N4O3S2/c26-25(27,28)23-30-20(16-5-7-17(8-6-16)32-11-13-37(34,35)14-12-32)21(36-23)18-3-1-2-4-19(18)22(33)31-24(15-29)9-10-24/h5-8,18-19,34-35H,1-4,9-14H2,(H,31,33)/t18-,19-/m1/s1. The smallest absolute Gasteiger partial charge is 0.368 e. The normalized spacial score (nSPS) is 25.7. The van der Waals surface area contributed by atoms with E-state index >= 15 is 0 Å². The van der Waals surface area contributed by atoms with Crippen LogP contribution in [-0.2, 0) is 11.0 Å². The Balaban J connectivity index is 1.45. The average Bonchev–Trinajstić information content (AvgIpc) is 3.49. The summed E-state index contributed by atoms with van der Waals surface area (Å²) >= 11 is 0.616. The highest BCUT2D eigenvalue weighted by molar-refractivity contribution is 8.24. The third kappa shape index (κ3) is 5.60. The number of halogens is 3. The van der Waals surface area contributed by atoms with Crippen molar-refractivity contribution in [2.24, 2.45) is 5.92 Å². The molecule has 37 heavy (non-hydrogen) atoms. The molecule has 0 radical (unpaired) electrons. The van der Waals surface area contributed by atoms with E-state index in [1.807, 2.05) is 17.0 Å². The first-order valence-electron chi connectivity index (χ1n) is 12.4. The van der Waals surface area contributed by atoms with Gasteiger partial charge in [0.2, 0.25) is 5.91 Å². The lowest BCUT2D eigenvalue weighted by Gasteiger charge is -2.41. The van der Waals surface area contributed by atoms with E-state index in [9.17, 15) is 32.3 Å². The van der Waals surface area contributed by atoms with Crippen molar-refractivity contribution in [1.82, 2.24) is 10.3 Å². The first kappa shape index (κ1) is 26.3. The van der Waals surface area contributed by atoms with Crippen LogP contribution in [0.2, 0.25) is 0 Å². The van der Waals surface area contributed by atoms with Gasteiger partial charge in [0.15, 0.2) is 5.01 Å². The SMILES string of the molecule is N#CC1(NC(=O)[C@@H]2CCCC[C@H]2c2sc(C(F)(F)F)nc2-c2ccc(N3CCS(O)(O)CC3)cc2)CC1. The Morgan fingerprint density at radius 1 is 1.16 bits per heavy atom. The maximum Gasteiger partial charge on any atom is 0.443 e. The fourth-order valence-corrected chi connectivity index (χ4v) is 7.59. The summed E-state index contributed by atoms with van der Waals surface area (Å²) in [6.07, 6.45) is -0.641. The Kier molecular flexibility index (Phi) is 6.94. The number of anilines is 1. The van der Waals surface area contributed by atoms with Crippen molar-refractivity contribution >= 4 is 33.5 Å². The zero-order valence-corrected chi connectivity index (χ0v) is 21.8. The quantitative estimate of drug-likeness (QED) is 0.428. The number of hydrogen-bond donors (Lipinski definition) is 3. The van der Waals surface area contributed by atoms with Crippen molar-refractivity contribution in [3.05, 3.63) is 34.2 Å². The molecule has 3 fully saturated rings. The molecule has 3 aliphatic rings. The van der Waals surface area contributed by atoms with Crippen molar-refractivity contribution in [1.29, 1.82) is 5.26 Å². The number of carbonyl (C=O) groups excluding carboxylic acids is 1. The number of aromatic nitrogens is 1. The van der Waals surface area contributed by atoms with E-state index in [2.05, 4.69) is 16.4 Å². The fraction of sp³-hybridized carbons (Fsp3) is 0.560. The zero-order chi connectivity index (χ0) is 26.4. The van der Waals surface area contributed by atoms with Crippen LogP contribution in [0, 0.1) is 17.2 Å². The number of hydrogen-bond acceptors (Lipinski definition) is 7. The van der Waals surface area contributed by atoms with Crippen molar-refractivity contribution in [2.45, 2.75) is 56.2 Å². The molecule has 2 saturated carbocycles. The van der Waals surface area contributed by atoms with Crippen LogP contribution in [-0.4, -0.2) is 50.1 Å². The highest BCUT2D eigenvalue weighted by atomic mass is 32.3. The Labute approximate surface area is 219 Å². The van der Waals surface area contributed by atoms with E-state index in [0.29, 0.717) is 60.6 Å². The molecule has 1 aliphatic heterocycles. The molecule has 1 aromatic heterocycles. The second-order valence-corrected chi connectivity index (χ2v) is 13.6. The summed E-state index contributed by atoms with van der Waals surface area (Å²) in [6, 6.07) is 9.28. The lowest BCUT2D eigenvalue weighted by atomic mass is 9.77. The summed E-state index contributed by atoms with van der Waals surface area (Å²) in [5.41, 5.74) is 0.826. The second kappa shape index (κ2) is 9.76. The maximum absolute atomic E-state index is 13.8. The van der Waals surface area contributed by atoms with Gasteiger partial charge in [-0.25, -0.2) is 4.98 Å². The van der Waals surface area contributed by atoms with E-state index in [4.69, 9.17) is 0 Å². The number of amides is 1. The summed E-state index contributed by atoms with van der Waals surface area (Å²) in [6.45, 7) is 0.982. The summed E-state index contributed by atoms with van der Waals surface area (Å²) in [5, 5.41) is 11.3. The molecule has 7 nitrogen and oxygen atoms in total. The van der Waals surface area contributed by atoms with Crippen LogP contribution in [0.3, 0.4) is 0 Å². The van der Waals surface area contributed by atoms with E-state index in [1.54, 1.807) is 12.1 Å². The number of carbonyl (C=O) groups is 1. The van der Waals surface area contributed by atoms with Gasteiger partial charge in [-0.2, -0.15) is 29.0 Å². The molecule has 1 saturated heterocycles. The molecule has 2 heterocycles. The van der Waals surface area contributed by atoms with Crippen LogP contribution in [0.15, 0.2) is 24.3 Å². The van der Waals surface area contributed by atoms with Crippen molar-refractivity contribution in [2.75, 3.05) is 29.5 Å². The number of thiazole rings is 1. The average molecular weight is 555 g/mol. The number of alkyl halides is 3. The first-order chi connectivity index (χ1) is 17.5. The number of benzene rings is 1. The van der Waals surface area contributed by atoms with Crippen LogP contribution >= 0.6 is 21.9 Å². The molecule has 5 rings (SSSR count). The van der Waals surface area contributed by atoms with Gasteiger partial charge < -0.3 is 10.2 Å². The summed E-state index contributed by atoms with van der Waals surface area (Å²) in [4.78, 5) is 19.7. The van der Waals surface area contributed by atoms with Gasteiger partial charge in [0.1, 0.15) is 5.54 Å². The minimum Gasteiger partial charge on any atom is -0.368 e. The van der Waals surface area contributed by atoms with Gasteiger partial charge in [-0.3, -0.25) is 13.9 Å². The van der Waals surface area contributed by atoms with Crippen LogP contribution in [0.1, 0.15) is 54.3 Å². The summed E-state index contributed by atoms with van der Waals surface area (Å²) in [5.74, 6) is -0.592. The molecule has 2 aliphatic carbocycles. The Morgan fingerprint density at radius 2 is 1.81 bits per heavy atom.